The molecule has 8 heteroatoms. The van der Waals surface area contributed by atoms with Crippen molar-refractivity contribution in [2.75, 3.05) is 13.2 Å². The molecule has 2 aromatic rings. The molecular formula is C17H18N2O5S. The van der Waals surface area contributed by atoms with Crippen LogP contribution in [0, 0.1) is 23.0 Å². The summed E-state index contributed by atoms with van der Waals surface area (Å²) >= 11 is 0. The van der Waals surface area contributed by atoms with Gasteiger partial charge in [-0.05, 0) is 31.0 Å². The Morgan fingerprint density at radius 2 is 2.00 bits per heavy atom. The lowest BCUT2D eigenvalue weighted by Gasteiger charge is -2.25. The minimum atomic E-state index is -3.83. The molecule has 0 bridgehead atoms. The summed E-state index contributed by atoms with van der Waals surface area (Å²) in [5.74, 6) is 0.833. The van der Waals surface area contributed by atoms with E-state index in [9.17, 15) is 18.5 Å². The molecule has 0 saturated carbocycles. The van der Waals surface area contributed by atoms with Gasteiger partial charge < -0.3 is 4.74 Å². The number of nitro groups is 1. The number of benzene rings is 2. The van der Waals surface area contributed by atoms with Crippen LogP contribution in [0.15, 0.2) is 47.4 Å². The van der Waals surface area contributed by atoms with Crippen LogP contribution >= 0.6 is 0 Å². The number of nitro benzene ring substituents is 1. The van der Waals surface area contributed by atoms with Crippen LogP contribution in [0.2, 0.25) is 0 Å². The number of hydrogen-bond donors (Lipinski definition) is 1. The van der Waals surface area contributed by atoms with E-state index >= 15 is 0 Å². The Hall–Kier alpha value is -2.45. The molecule has 0 spiro atoms. The van der Waals surface area contributed by atoms with E-state index in [4.69, 9.17) is 4.74 Å². The van der Waals surface area contributed by atoms with E-state index in [-0.39, 0.29) is 28.6 Å². The monoisotopic (exact) mass is 362 g/mol. The number of ether oxygens (including phenoxy) is 1. The fourth-order valence-electron chi connectivity index (χ4n) is 2.92. The third-order valence-corrected chi connectivity index (χ3v) is 5.83. The van der Waals surface area contributed by atoms with Crippen LogP contribution in [-0.4, -0.2) is 26.5 Å². The van der Waals surface area contributed by atoms with Crippen LogP contribution in [0.3, 0.4) is 0 Å². The summed E-state index contributed by atoms with van der Waals surface area (Å²) in [5, 5.41) is 11.0. The molecule has 0 aliphatic carbocycles. The average molecular weight is 362 g/mol. The average Bonchev–Trinajstić information content (AvgIpc) is 2.59. The zero-order chi connectivity index (χ0) is 18.0. The van der Waals surface area contributed by atoms with Crippen LogP contribution in [0.25, 0.3) is 0 Å². The topological polar surface area (TPSA) is 98.5 Å². The van der Waals surface area contributed by atoms with Crippen molar-refractivity contribution in [1.29, 1.82) is 0 Å². The lowest BCUT2D eigenvalue weighted by atomic mass is 9.97. The van der Waals surface area contributed by atoms with E-state index < -0.39 is 14.9 Å². The molecule has 0 amide bonds. The molecule has 0 aromatic heterocycles. The van der Waals surface area contributed by atoms with Crippen molar-refractivity contribution >= 4 is 15.7 Å². The fraction of sp³-hybridized carbons (Fsp3) is 0.294. The van der Waals surface area contributed by atoms with Gasteiger partial charge in [0.2, 0.25) is 10.0 Å². The predicted molar refractivity (Wildman–Crippen MR) is 92.2 cm³/mol. The van der Waals surface area contributed by atoms with Crippen molar-refractivity contribution in [3.63, 3.8) is 0 Å². The highest BCUT2D eigenvalue weighted by atomic mass is 32.2. The molecule has 0 radical (unpaired) electrons. The largest absolute Gasteiger partial charge is 0.493 e. The standard InChI is InChI=1S/C17H18N2O5S/c1-12-15(19(20)21)6-4-8-17(12)25(22,23)18-10-13-9-14-5-2-3-7-16(14)24-11-13/h2-8,13,18H,9-11H2,1H3. The van der Waals surface area contributed by atoms with Gasteiger partial charge in [-0.15, -0.1) is 0 Å². The van der Waals surface area contributed by atoms with Crippen molar-refractivity contribution in [2.24, 2.45) is 5.92 Å². The minimum Gasteiger partial charge on any atom is -0.493 e. The number of para-hydroxylation sites is 1. The highest BCUT2D eigenvalue weighted by molar-refractivity contribution is 7.89. The number of nitrogens with zero attached hydrogens (tertiary/aromatic N) is 1. The fourth-order valence-corrected chi connectivity index (χ4v) is 4.30. The first kappa shape index (κ1) is 17.4. The van der Waals surface area contributed by atoms with E-state index in [2.05, 4.69) is 4.72 Å². The summed E-state index contributed by atoms with van der Waals surface area (Å²) in [6.45, 7) is 2.07. The highest BCUT2D eigenvalue weighted by Crippen LogP contribution is 2.27. The number of fused-ring (bicyclic) bond motifs is 1. The van der Waals surface area contributed by atoms with Gasteiger partial charge in [0.1, 0.15) is 5.75 Å². The summed E-state index contributed by atoms with van der Waals surface area (Å²) < 4.78 is 33.3. The number of rotatable bonds is 5. The third kappa shape index (κ3) is 3.64. The van der Waals surface area contributed by atoms with Gasteiger partial charge in [-0.25, -0.2) is 13.1 Å². The van der Waals surface area contributed by atoms with Gasteiger partial charge in [-0.2, -0.15) is 0 Å². The van der Waals surface area contributed by atoms with Crippen molar-refractivity contribution in [3.05, 3.63) is 63.7 Å². The zero-order valence-corrected chi connectivity index (χ0v) is 14.5. The molecule has 25 heavy (non-hydrogen) atoms. The van der Waals surface area contributed by atoms with E-state index in [1.54, 1.807) is 0 Å². The van der Waals surface area contributed by atoms with Crippen LogP contribution in [-0.2, 0) is 16.4 Å². The zero-order valence-electron chi connectivity index (χ0n) is 13.6. The van der Waals surface area contributed by atoms with Gasteiger partial charge in [0, 0.05) is 24.1 Å². The van der Waals surface area contributed by atoms with Crippen molar-refractivity contribution < 1.29 is 18.1 Å². The SMILES string of the molecule is Cc1c([N+](=O)[O-])cccc1S(=O)(=O)NCC1COc2ccccc2C1. The number of nitrogens with one attached hydrogen (secondary N) is 1. The Morgan fingerprint density at radius 3 is 2.76 bits per heavy atom. The van der Waals surface area contributed by atoms with Crippen LogP contribution in [0.5, 0.6) is 5.75 Å². The number of hydrogen-bond acceptors (Lipinski definition) is 5. The van der Waals surface area contributed by atoms with E-state index in [1.165, 1.54) is 25.1 Å². The molecule has 1 unspecified atom stereocenters. The molecule has 1 aliphatic rings. The molecule has 3 rings (SSSR count). The van der Waals surface area contributed by atoms with Gasteiger partial charge in [0.25, 0.3) is 5.69 Å². The second kappa shape index (κ2) is 6.81. The predicted octanol–water partition coefficient (Wildman–Crippen LogP) is 2.43. The molecule has 1 aliphatic heterocycles. The first-order valence-electron chi connectivity index (χ1n) is 7.83. The minimum absolute atomic E-state index is 0.00341. The Balaban J connectivity index is 1.73. The van der Waals surface area contributed by atoms with Gasteiger partial charge >= 0.3 is 0 Å². The first-order chi connectivity index (χ1) is 11.9. The Kier molecular flexibility index (Phi) is 4.73. The Morgan fingerprint density at radius 1 is 1.24 bits per heavy atom. The lowest BCUT2D eigenvalue weighted by Crippen LogP contribution is -2.35. The molecule has 0 saturated heterocycles. The quantitative estimate of drug-likeness (QED) is 0.651. The van der Waals surface area contributed by atoms with Gasteiger partial charge in [-0.3, -0.25) is 10.1 Å². The lowest BCUT2D eigenvalue weighted by molar-refractivity contribution is -0.385. The molecule has 132 valence electrons. The molecule has 0 fully saturated rings. The second-order valence-electron chi connectivity index (χ2n) is 6.00. The first-order valence-corrected chi connectivity index (χ1v) is 9.31. The normalized spacial score (nSPS) is 16.8. The van der Waals surface area contributed by atoms with Gasteiger partial charge in [0.05, 0.1) is 16.4 Å². The number of sulfonamides is 1. The van der Waals surface area contributed by atoms with Crippen molar-refractivity contribution in [1.82, 2.24) is 4.72 Å². The summed E-state index contributed by atoms with van der Waals surface area (Å²) in [5.41, 5.74) is 0.965. The third-order valence-electron chi connectivity index (χ3n) is 4.26. The van der Waals surface area contributed by atoms with Gasteiger partial charge in [-0.1, -0.05) is 24.3 Å². The van der Waals surface area contributed by atoms with Crippen molar-refractivity contribution in [2.45, 2.75) is 18.2 Å². The summed E-state index contributed by atoms with van der Waals surface area (Å²) in [7, 11) is -3.83. The maximum Gasteiger partial charge on any atom is 0.273 e. The van der Waals surface area contributed by atoms with Gasteiger partial charge in [0.15, 0.2) is 0 Å². The molecule has 2 aromatic carbocycles. The molecule has 1 atom stereocenters. The molecule has 7 nitrogen and oxygen atoms in total. The Labute approximate surface area is 145 Å². The van der Waals surface area contributed by atoms with E-state index in [0.29, 0.717) is 13.0 Å². The Bertz CT molecular complexity index is 911. The maximum absolute atomic E-state index is 12.5. The summed E-state index contributed by atoms with van der Waals surface area (Å²) in [4.78, 5) is 10.3. The maximum atomic E-state index is 12.5. The smallest absolute Gasteiger partial charge is 0.273 e. The highest BCUT2D eigenvalue weighted by Gasteiger charge is 2.25. The van der Waals surface area contributed by atoms with E-state index in [1.807, 2.05) is 24.3 Å². The second-order valence-corrected chi connectivity index (χ2v) is 7.73. The molecule has 1 heterocycles. The van der Waals surface area contributed by atoms with E-state index in [0.717, 1.165) is 11.3 Å². The van der Waals surface area contributed by atoms with Crippen LogP contribution < -0.4 is 9.46 Å². The molecule has 1 N–H and O–H groups in total. The summed E-state index contributed by atoms with van der Waals surface area (Å²) in [6.07, 6.45) is 0.715. The van der Waals surface area contributed by atoms with Crippen LogP contribution in [0.1, 0.15) is 11.1 Å². The summed E-state index contributed by atoms with van der Waals surface area (Å²) in [6, 6.07) is 11.7. The molecular weight excluding hydrogens is 344 g/mol. The van der Waals surface area contributed by atoms with Crippen LogP contribution in [0.4, 0.5) is 5.69 Å². The van der Waals surface area contributed by atoms with Crippen molar-refractivity contribution in [3.8, 4) is 5.75 Å².